The van der Waals surface area contributed by atoms with Crippen molar-refractivity contribution in [3.8, 4) is 0 Å². The van der Waals surface area contributed by atoms with Gasteiger partial charge in [0.15, 0.2) is 5.65 Å². The minimum absolute atomic E-state index is 0.0926. The maximum absolute atomic E-state index is 12.2. The summed E-state index contributed by atoms with van der Waals surface area (Å²) in [6, 6.07) is 15.9. The third-order valence-electron chi connectivity index (χ3n) is 4.47. The van der Waals surface area contributed by atoms with Gasteiger partial charge in [-0.3, -0.25) is 4.79 Å². The molecule has 0 saturated carbocycles. The van der Waals surface area contributed by atoms with E-state index in [-0.39, 0.29) is 11.7 Å². The second-order valence-corrected chi connectivity index (χ2v) is 7.17. The minimum Gasteiger partial charge on any atom is -0.327 e. The molecule has 0 fully saturated rings. The molecule has 0 aliphatic rings. The summed E-state index contributed by atoms with van der Waals surface area (Å²) < 4.78 is 2.00. The molecule has 1 N–H and O–H groups in total. The summed E-state index contributed by atoms with van der Waals surface area (Å²) in [7, 11) is 1.96. The molecule has 6 nitrogen and oxygen atoms in total. The number of hydrogen-bond donors (Lipinski definition) is 1. The molecule has 27 heavy (non-hydrogen) atoms. The molecule has 2 aromatic heterocycles. The highest BCUT2D eigenvalue weighted by Gasteiger charge is 2.13. The number of anilines is 1. The second kappa shape index (κ2) is 7.36. The van der Waals surface area contributed by atoms with Crippen LogP contribution in [-0.2, 0) is 18.3 Å². The van der Waals surface area contributed by atoms with Crippen LogP contribution < -0.4 is 5.32 Å². The lowest BCUT2D eigenvalue weighted by Crippen LogP contribution is -2.14. The molecule has 4 rings (SSSR count). The van der Waals surface area contributed by atoms with Crippen molar-refractivity contribution in [2.45, 2.75) is 18.5 Å². The number of hydrogen-bond acceptors (Lipinski definition) is 5. The summed E-state index contributed by atoms with van der Waals surface area (Å²) in [5.74, 6) is 0.136. The SMILES string of the molecule is CCc1ccc(NC(=O)CSc2nnc3c4ccccc4n(C)c3n2)cc1. The van der Waals surface area contributed by atoms with Crippen molar-refractivity contribution < 1.29 is 4.79 Å². The summed E-state index contributed by atoms with van der Waals surface area (Å²) in [5, 5.41) is 12.9. The van der Waals surface area contributed by atoms with Crippen LogP contribution in [0.1, 0.15) is 12.5 Å². The van der Waals surface area contributed by atoms with Crippen molar-refractivity contribution in [1.29, 1.82) is 0 Å². The molecule has 2 aromatic carbocycles. The predicted octanol–water partition coefficient (Wildman–Crippen LogP) is 3.81. The lowest BCUT2D eigenvalue weighted by atomic mass is 10.1. The van der Waals surface area contributed by atoms with Gasteiger partial charge < -0.3 is 9.88 Å². The molecular weight excluding hydrogens is 358 g/mol. The summed E-state index contributed by atoms with van der Waals surface area (Å²) in [5.41, 5.74) is 4.64. The standard InChI is InChI=1S/C20H19N5OS/c1-3-13-8-10-14(11-9-13)21-17(26)12-27-20-22-19-18(23-24-20)15-6-4-5-7-16(15)25(19)2/h4-11H,3,12H2,1-2H3,(H,21,26). The van der Waals surface area contributed by atoms with Crippen LogP contribution in [0.15, 0.2) is 53.7 Å². The van der Waals surface area contributed by atoms with Crippen molar-refractivity contribution in [3.63, 3.8) is 0 Å². The normalized spacial score (nSPS) is 11.2. The van der Waals surface area contributed by atoms with E-state index in [1.165, 1.54) is 17.3 Å². The van der Waals surface area contributed by atoms with Gasteiger partial charge in [0.2, 0.25) is 11.1 Å². The Balaban J connectivity index is 1.47. The van der Waals surface area contributed by atoms with Gasteiger partial charge in [-0.25, -0.2) is 4.98 Å². The van der Waals surface area contributed by atoms with E-state index in [9.17, 15) is 4.79 Å². The number of nitrogens with zero attached hydrogens (tertiary/aromatic N) is 4. The van der Waals surface area contributed by atoms with Crippen molar-refractivity contribution in [3.05, 3.63) is 54.1 Å². The molecule has 0 atom stereocenters. The van der Waals surface area contributed by atoms with Gasteiger partial charge in [-0.2, -0.15) is 0 Å². The fourth-order valence-corrected chi connectivity index (χ4v) is 3.59. The second-order valence-electron chi connectivity index (χ2n) is 6.23. The average Bonchev–Trinajstić information content (AvgIpc) is 2.99. The molecular formula is C20H19N5OS. The Morgan fingerprint density at radius 2 is 1.89 bits per heavy atom. The van der Waals surface area contributed by atoms with Crippen LogP contribution >= 0.6 is 11.8 Å². The maximum Gasteiger partial charge on any atom is 0.234 e. The molecule has 136 valence electrons. The predicted molar refractivity (Wildman–Crippen MR) is 109 cm³/mol. The van der Waals surface area contributed by atoms with Gasteiger partial charge in [-0.05, 0) is 30.2 Å². The van der Waals surface area contributed by atoms with Crippen LogP contribution in [0.2, 0.25) is 0 Å². The molecule has 0 bridgehead atoms. The van der Waals surface area contributed by atoms with Gasteiger partial charge in [-0.15, -0.1) is 10.2 Å². The summed E-state index contributed by atoms with van der Waals surface area (Å²) in [4.78, 5) is 16.8. The van der Waals surface area contributed by atoms with E-state index < -0.39 is 0 Å². The van der Waals surface area contributed by atoms with Gasteiger partial charge in [0, 0.05) is 18.1 Å². The third-order valence-corrected chi connectivity index (χ3v) is 5.30. The maximum atomic E-state index is 12.2. The molecule has 0 unspecified atom stereocenters. The highest BCUT2D eigenvalue weighted by atomic mass is 32.2. The van der Waals surface area contributed by atoms with Crippen LogP contribution in [0.25, 0.3) is 22.1 Å². The largest absolute Gasteiger partial charge is 0.327 e. The van der Waals surface area contributed by atoms with E-state index >= 15 is 0 Å². The Hall–Kier alpha value is -2.93. The topological polar surface area (TPSA) is 72.7 Å². The number of aromatic nitrogens is 4. The molecule has 0 aliphatic carbocycles. The van der Waals surface area contributed by atoms with Crippen molar-refractivity contribution in [1.82, 2.24) is 19.7 Å². The number of thioether (sulfide) groups is 1. The van der Waals surface area contributed by atoms with E-state index in [1.54, 1.807) is 0 Å². The average molecular weight is 377 g/mol. The van der Waals surface area contributed by atoms with Gasteiger partial charge in [0.05, 0.1) is 11.3 Å². The zero-order valence-corrected chi connectivity index (χ0v) is 16.0. The Morgan fingerprint density at radius 3 is 2.67 bits per heavy atom. The number of aryl methyl sites for hydroxylation is 2. The van der Waals surface area contributed by atoms with Crippen LogP contribution in [0.4, 0.5) is 5.69 Å². The van der Waals surface area contributed by atoms with Gasteiger partial charge >= 0.3 is 0 Å². The van der Waals surface area contributed by atoms with E-state index in [0.717, 1.165) is 34.2 Å². The van der Waals surface area contributed by atoms with Crippen molar-refractivity contribution in [2.75, 3.05) is 11.1 Å². The Kier molecular flexibility index (Phi) is 4.77. The summed E-state index contributed by atoms with van der Waals surface area (Å²) in [6.07, 6.45) is 0.977. The molecule has 7 heteroatoms. The number of fused-ring (bicyclic) bond motifs is 3. The first-order valence-corrected chi connectivity index (χ1v) is 9.73. The number of amides is 1. The van der Waals surface area contributed by atoms with Gasteiger partial charge in [0.1, 0.15) is 5.52 Å². The fourth-order valence-electron chi connectivity index (χ4n) is 3.00. The first-order chi connectivity index (χ1) is 13.2. The number of para-hydroxylation sites is 1. The lowest BCUT2D eigenvalue weighted by Gasteiger charge is -2.05. The Bertz CT molecular complexity index is 1120. The van der Waals surface area contributed by atoms with Crippen molar-refractivity contribution >= 4 is 45.4 Å². The highest BCUT2D eigenvalue weighted by molar-refractivity contribution is 7.99. The summed E-state index contributed by atoms with van der Waals surface area (Å²) in [6.45, 7) is 2.10. The first kappa shape index (κ1) is 17.5. The van der Waals surface area contributed by atoms with Crippen LogP contribution in [0.5, 0.6) is 0 Å². The van der Waals surface area contributed by atoms with Crippen LogP contribution in [0, 0.1) is 0 Å². The third kappa shape index (κ3) is 3.50. The monoisotopic (exact) mass is 377 g/mol. The molecule has 0 spiro atoms. The number of carbonyl (C=O) groups is 1. The molecule has 2 heterocycles. The molecule has 1 amide bonds. The van der Waals surface area contributed by atoms with Gasteiger partial charge in [-0.1, -0.05) is 49.0 Å². The number of rotatable bonds is 5. The van der Waals surface area contributed by atoms with Crippen LogP contribution in [0.3, 0.4) is 0 Å². The molecule has 4 aromatic rings. The smallest absolute Gasteiger partial charge is 0.234 e. The fraction of sp³-hybridized carbons (Fsp3) is 0.200. The Labute approximate surface area is 161 Å². The number of nitrogens with one attached hydrogen (secondary N) is 1. The number of carbonyl (C=O) groups excluding carboxylic acids is 1. The molecule has 0 aliphatic heterocycles. The van der Waals surface area contributed by atoms with Crippen molar-refractivity contribution in [2.24, 2.45) is 7.05 Å². The van der Waals surface area contributed by atoms with E-state index in [0.29, 0.717) is 5.16 Å². The first-order valence-electron chi connectivity index (χ1n) is 8.75. The molecule has 0 saturated heterocycles. The van der Waals surface area contributed by atoms with E-state index in [4.69, 9.17) is 0 Å². The minimum atomic E-state index is -0.0926. The zero-order chi connectivity index (χ0) is 18.8. The van der Waals surface area contributed by atoms with E-state index in [1.807, 2.05) is 60.1 Å². The highest BCUT2D eigenvalue weighted by Crippen LogP contribution is 2.25. The van der Waals surface area contributed by atoms with Gasteiger partial charge in [0.25, 0.3) is 0 Å². The quantitative estimate of drug-likeness (QED) is 0.536. The Morgan fingerprint density at radius 1 is 1.11 bits per heavy atom. The number of benzene rings is 2. The molecule has 0 radical (unpaired) electrons. The van der Waals surface area contributed by atoms with Crippen LogP contribution in [-0.4, -0.2) is 31.4 Å². The summed E-state index contributed by atoms with van der Waals surface area (Å²) >= 11 is 1.28. The zero-order valence-electron chi connectivity index (χ0n) is 15.1. The lowest BCUT2D eigenvalue weighted by molar-refractivity contribution is -0.113. The van der Waals surface area contributed by atoms with E-state index in [2.05, 4.69) is 27.4 Å².